The van der Waals surface area contributed by atoms with Gasteiger partial charge in [0.1, 0.15) is 32.7 Å². The van der Waals surface area contributed by atoms with E-state index in [0.29, 0.717) is 67.8 Å². The number of hydrogen-bond donors (Lipinski definition) is 0. The number of allylic oxidation sites excluding steroid dienone is 1. The van der Waals surface area contributed by atoms with Crippen molar-refractivity contribution in [2.75, 3.05) is 26.4 Å². The molecule has 0 bridgehead atoms. The Hall–Kier alpha value is -4.53. The van der Waals surface area contributed by atoms with Gasteiger partial charge < -0.3 is 28.3 Å². The SMILES string of the molecule is C=CCn1c(=O)ccc2ccc3c(c21)OCCO3.O=CCn1c(=O)ccc2ccc3c(c21)OCCO3. The predicted molar refractivity (Wildman–Crippen MR) is 135 cm³/mol. The highest BCUT2D eigenvalue weighted by molar-refractivity contribution is 5.89. The number of nitrogens with zero attached hydrogens (tertiary/aromatic N) is 2. The zero-order valence-corrected chi connectivity index (χ0v) is 19.5. The van der Waals surface area contributed by atoms with Crippen LogP contribution in [0.3, 0.4) is 0 Å². The number of benzene rings is 2. The Bertz CT molecular complexity index is 1470. The van der Waals surface area contributed by atoms with E-state index >= 15 is 0 Å². The monoisotopic (exact) mass is 488 g/mol. The van der Waals surface area contributed by atoms with Crippen molar-refractivity contribution in [3.05, 3.63) is 81.9 Å². The predicted octanol–water partition coefficient (Wildman–Crippen LogP) is 2.93. The minimum absolute atomic E-state index is 0.00991. The molecule has 2 aliphatic rings. The van der Waals surface area contributed by atoms with Crippen LogP contribution in [-0.4, -0.2) is 41.8 Å². The van der Waals surface area contributed by atoms with E-state index in [1.54, 1.807) is 28.8 Å². The lowest BCUT2D eigenvalue weighted by atomic mass is 10.1. The molecule has 0 atom stereocenters. The third-order valence-corrected chi connectivity index (χ3v) is 5.88. The Morgan fingerprint density at radius 3 is 1.58 bits per heavy atom. The minimum Gasteiger partial charge on any atom is -0.486 e. The maximum Gasteiger partial charge on any atom is 0.251 e. The Morgan fingerprint density at radius 1 is 0.667 bits per heavy atom. The summed E-state index contributed by atoms with van der Waals surface area (Å²) in [5, 5.41) is 1.81. The second-order valence-electron chi connectivity index (χ2n) is 8.07. The average Bonchev–Trinajstić information content (AvgIpc) is 2.92. The lowest BCUT2D eigenvalue weighted by Crippen LogP contribution is -2.22. The number of carbonyl (C=O) groups is 1. The summed E-state index contributed by atoms with van der Waals surface area (Å²) in [5.74, 6) is 2.49. The van der Waals surface area contributed by atoms with Gasteiger partial charge in [0, 0.05) is 29.4 Å². The molecular weight excluding hydrogens is 464 g/mol. The van der Waals surface area contributed by atoms with Crippen molar-refractivity contribution < 1.29 is 23.7 Å². The van der Waals surface area contributed by atoms with Gasteiger partial charge in [0.25, 0.3) is 11.1 Å². The molecule has 0 saturated carbocycles. The Balaban J connectivity index is 0.000000148. The van der Waals surface area contributed by atoms with E-state index in [4.69, 9.17) is 18.9 Å². The van der Waals surface area contributed by atoms with E-state index < -0.39 is 0 Å². The van der Waals surface area contributed by atoms with Crippen molar-refractivity contribution in [3.63, 3.8) is 0 Å². The van der Waals surface area contributed by atoms with E-state index in [1.165, 1.54) is 10.6 Å². The fraction of sp³-hybridized carbons (Fsp3) is 0.222. The molecule has 9 nitrogen and oxygen atoms in total. The normalized spacial score (nSPS) is 13.6. The van der Waals surface area contributed by atoms with Crippen LogP contribution >= 0.6 is 0 Å². The molecule has 6 rings (SSSR count). The number of pyridine rings is 2. The van der Waals surface area contributed by atoms with Crippen LogP contribution in [0.1, 0.15) is 0 Å². The Morgan fingerprint density at radius 2 is 1.11 bits per heavy atom. The number of hydrogen-bond acceptors (Lipinski definition) is 7. The molecule has 0 fully saturated rings. The number of ether oxygens (including phenoxy) is 4. The molecule has 2 aliphatic heterocycles. The summed E-state index contributed by atoms with van der Waals surface area (Å²) < 4.78 is 25.3. The third kappa shape index (κ3) is 4.19. The largest absolute Gasteiger partial charge is 0.486 e. The van der Waals surface area contributed by atoms with Gasteiger partial charge in [0.2, 0.25) is 0 Å². The molecule has 0 radical (unpaired) electrons. The van der Waals surface area contributed by atoms with Crippen LogP contribution < -0.4 is 30.1 Å². The van der Waals surface area contributed by atoms with E-state index in [9.17, 15) is 14.4 Å². The molecule has 0 saturated heterocycles. The van der Waals surface area contributed by atoms with Crippen LogP contribution in [0.25, 0.3) is 21.8 Å². The van der Waals surface area contributed by atoms with Crippen molar-refractivity contribution in [1.82, 2.24) is 9.13 Å². The fourth-order valence-electron chi connectivity index (χ4n) is 4.35. The molecule has 2 aromatic carbocycles. The maximum atomic E-state index is 11.9. The molecule has 9 heteroatoms. The van der Waals surface area contributed by atoms with Crippen LogP contribution in [0.2, 0.25) is 0 Å². The zero-order chi connectivity index (χ0) is 25.1. The second kappa shape index (κ2) is 9.99. The van der Waals surface area contributed by atoms with Crippen LogP contribution in [-0.2, 0) is 17.9 Å². The number of aromatic nitrogens is 2. The molecule has 2 aromatic heterocycles. The number of carbonyl (C=O) groups excluding carboxylic acids is 1. The van der Waals surface area contributed by atoms with Crippen molar-refractivity contribution in [3.8, 4) is 23.0 Å². The summed E-state index contributed by atoms with van der Waals surface area (Å²) in [7, 11) is 0. The van der Waals surface area contributed by atoms with Gasteiger partial charge in [0.05, 0.1) is 17.6 Å². The topological polar surface area (TPSA) is 98.0 Å². The zero-order valence-electron chi connectivity index (χ0n) is 19.5. The summed E-state index contributed by atoms with van der Waals surface area (Å²) in [4.78, 5) is 34.5. The van der Waals surface area contributed by atoms with Crippen LogP contribution in [0, 0.1) is 0 Å². The van der Waals surface area contributed by atoms with E-state index in [-0.39, 0.29) is 17.7 Å². The smallest absolute Gasteiger partial charge is 0.251 e. The summed E-state index contributed by atoms with van der Waals surface area (Å²) in [6.07, 6.45) is 2.40. The maximum absolute atomic E-state index is 11.9. The molecule has 0 spiro atoms. The van der Waals surface area contributed by atoms with E-state index in [0.717, 1.165) is 16.3 Å². The summed E-state index contributed by atoms with van der Waals surface area (Å²) in [6, 6.07) is 14.0. The van der Waals surface area contributed by atoms with Gasteiger partial charge in [-0.15, -0.1) is 6.58 Å². The van der Waals surface area contributed by atoms with E-state index in [1.807, 2.05) is 24.3 Å². The molecule has 0 unspecified atom stereocenters. The third-order valence-electron chi connectivity index (χ3n) is 5.88. The van der Waals surface area contributed by atoms with Gasteiger partial charge >= 0.3 is 0 Å². The molecule has 0 N–H and O–H groups in total. The van der Waals surface area contributed by atoms with Crippen molar-refractivity contribution >= 4 is 28.1 Å². The summed E-state index contributed by atoms with van der Waals surface area (Å²) in [6.45, 7) is 6.12. The van der Waals surface area contributed by atoms with Crippen LogP contribution in [0.5, 0.6) is 23.0 Å². The van der Waals surface area contributed by atoms with Crippen LogP contribution in [0.15, 0.2) is 70.8 Å². The van der Waals surface area contributed by atoms with Crippen molar-refractivity contribution in [2.45, 2.75) is 13.1 Å². The van der Waals surface area contributed by atoms with Gasteiger partial charge in [-0.3, -0.25) is 14.2 Å². The first-order valence-corrected chi connectivity index (χ1v) is 11.5. The molecule has 0 amide bonds. The Labute approximate surface area is 205 Å². The standard InChI is InChI=1S/C14H13NO3.C13H11NO4/c1-2-7-15-12(16)6-4-10-3-5-11-14(13(10)15)18-9-8-17-11;15-6-5-14-11(16)4-2-9-1-3-10-13(12(9)14)18-8-7-17-10/h2-6H,1,7-9H2;1-4,6H,5,7-8H2. The second-order valence-corrected chi connectivity index (χ2v) is 8.07. The van der Waals surface area contributed by atoms with Crippen molar-refractivity contribution in [1.29, 1.82) is 0 Å². The highest BCUT2D eigenvalue weighted by atomic mass is 16.6. The Kier molecular flexibility index (Phi) is 6.44. The average molecular weight is 488 g/mol. The minimum atomic E-state index is -0.225. The number of aldehydes is 1. The lowest BCUT2D eigenvalue weighted by Gasteiger charge is -2.21. The molecule has 36 heavy (non-hydrogen) atoms. The van der Waals surface area contributed by atoms with Gasteiger partial charge in [-0.25, -0.2) is 0 Å². The molecule has 4 heterocycles. The number of rotatable bonds is 4. The first-order valence-electron chi connectivity index (χ1n) is 11.5. The molecule has 4 aromatic rings. The van der Waals surface area contributed by atoms with Gasteiger partial charge in [-0.1, -0.05) is 6.08 Å². The summed E-state index contributed by atoms with van der Waals surface area (Å²) in [5.41, 5.74) is 1.11. The van der Waals surface area contributed by atoms with Gasteiger partial charge in [-0.05, 0) is 36.4 Å². The first kappa shape index (κ1) is 23.2. The van der Waals surface area contributed by atoms with E-state index in [2.05, 4.69) is 6.58 Å². The number of fused-ring (bicyclic) bond motifs is 6. The van der Waals surface area contributed by atoms with Gasteiger partial charge in [-0.2, -0.15) is 0 Å². The van der Waals surface area contributed by atoms with Gasteiger partial charge in [0.15, 0.2) is 23.0 Å². The fourth-order valence-corrected chi connectivity index (χ4v) is 4.35. The summed E-state index contributed by atoms with van der Waals surface area (Å²) >= 11 is 0. The molecule has 0 aliphatic carbocycles. The highest BCUT2D eigenvalue weighted by Crippen LogP contribution is 2.37. The quantitative estimate of drug-likeness (QED) is 0.322. The lowest BCUT2D eigenvalue weighted by molar-refractivity contribution is -0.108. The highest BCUT2D eigenvalue weighted by Gasteiger charge is 2.19. The molecule has 184 valence electrons. The molecular formula is C27H24N2O7. The van der Waals surface area contributed by atoms with Crippen molar-refractivity contribution in [2.24, 2.45) is 0 Å². The first-order chi connectivity index (χ1) is 17.6. The van der Waals surface area contributed by atoms with Crippen LogP contribution in [0.4, 0.5) is 0 Å².